The van der Waals surface area contributed by atoms with E-state index in [9.17, 15) is 9.18 Å². The number of hydrogen-bond acceptors (Lipinski definition) is 2. The van der Waals surface area contributed by atoms with Crippen LogP contribution in [0.4, 0.5) is 4.39 Å². The van der Waals surface area contributed by atoms with Gasteiger partial charge in [0.05, 0.1) is 12.2 Å². The highest BCUT2D eigenvalue weighted by molar-refractivity contribution is 9.09. The lowest BCUT2D eigenvalue weighted by Crippen LogP contribution is -2.14. The first-order valence-electron chi connectivity index (χ1n) is 5.57. The quantitative estimate of drug-likeness (QED) is 0.590. The van der Waals surface area contributed by atoms with E-state index in [0.717, 1.165) is 11.8 Å². The first-order chi connectivity index (χ1) is 8.08. The molecule has 94 valence electrons. The van der Waals surface area contributed by atoms with Crippen LogP contribution < -0.4 is 4.74 Å². The average Bonchev–Trinajstić information content (AvgIpc) is 2.30. The summed E-state index contributed by atoms with van der Waals surface area (Å²) in [5.41, 5.74) is 0.427. The fourth-order valence-corrected chi connectivity index (χ4v) is 2.03. The number of carbonyl (C=O) groups is 1. The first kappa shape index (κ1) is 14.2. The van der Waals surface area contributed by atoms with Crippen molar-refractivity contribution in [2.24, 2.45) is 5.92 Å². The van der Waals surface area contributed by atoms with Crippen LogP contribution in [0.1, 0.15) is 30.6 Å². The minimum Gasteiger partial charge on any atom is -0.492 e. The van der Waals surface area contributed by atoms with Crippen molar-refractivity contribution in [1.29, 1.82) is 0 Å². The van der Waals surface area contributed by atoms with Crippen LogP contribution in [0.2, 0.25) is 0 Å². The molecule has 0 saturated heterocycles. The van der Waals surface area contributed by atoms with Gasteiger partial charge >= 0.3 is 0 Å². The van der Waals surface area contributed by atoms with Gasteiger partial charge < -0.3 is 4.74 Å². The van der Waals surface area contributed by atoms with Crippen molar-refractivity contribution in [2.75, 3.05) is 11.9 Å². The fraction of sp³-hybridized carbons (Fsp3) is 0.462. The second-order valence-corrected chi connectivity index (χ2v) is 4.58. The Bertz CT molecular complexity index is 389. The molecule has 1 aromatic carbocycles. The summed E-state index contributed by atoms with van der Waals surface area (Å²) < 4.78 is 18.6. The van der Waals surface area contributed by atoms with Crippen molar-refractivity contribution >= 4 is 21.7 Å². The standard InChI is InChI=1S/C13H16BrFO2/c1-3-10(7-14)8-17-13-6-11(15)4-5-12(13)9(2)16/h4-6,10H,3,7-8H2,1-2H3. The van der Waals surface area contributed by atoms with Crippen molar-refractivity contribution in [2.45, 2.75) is 20.3 Å². The molecule has 1 rings (SSSR count). The summed E-state index contributed by atoms with van der Waals surface area (Å²) in [6.45, 7) is 3.99. The van der Waals surface area contributed by atoms with Crippen LogP contribution >= 0.6 is 15.9 Å². The lowest BCUT2D eigenvalue weighted by molar-refractivity contribution is 0.101. The third kappa shape index (κ3) is 4.11. The SMILES string of the molecule is CCC(CBr)COc1cc(F)ccc1C(C)=O. The van der Waals surface area contributed by atoms with Gasteiger partial charge in [0.15, 0.2) is 5.78 Å². The molecule has 0 aliphatic carbocycles. The van der Waals surface area contributed by atoms with E-state index in [-0.39, 0.29) is 5.78 Å². The normalized spacial score (nSPS) is 12.2. The Kier molecular flexibility index (Phi) is 5.62. The second kappa shape index (κ2) is 6.74. The highest BCUT2D eigenvalue weighted by Crippen LogP contribution is 2.22. The summed E-state index contributed by atoms with van der Waals surface area (Å²) in [4.78, 5) is 11.3. The Balaban J connectivity index is 2.81. The zero-order valence-corrected chi connectivity index (χ0v) is 11.6. The van der Waals surface area contributed by atoms with E-state index in [0.29, 0.717) is 23.8 Å². The third-order valence-electron chi connectivity index (χ3n) is 2.59. The maximum absolute atomic E-state index is 13.1. The van der Waals surface area contributed by atoms with Gasteiger partial charge in [-0.1, -0.05) is 22.9 Å². The molecule has 1 atom stereocenters. The number of ketones is 1. The van der Waals surface area contributed by atoms with E-state index < -0.39 is 5.82 Å². The first-order valence-corrected chi connectivity index (χ1v) is 6.69. The summed E-state index contributed by atoms with van der Waals surface area (Å²) in [6, 6.07) is 3.99. The second-order valence-electron chi connectivity index (χ2n) is 3.94. The molecule has 17 heavy (non-hydrogen) atoms. The van der Waals surface area contributed by atoms with Crippen molar-refractivity contribution in [3.05, 3.63) is 29.6 Å². The predicted octanol–water partition coefficient (Wildman–Crippen LogP) is 3.83. The summed E-state index contributed by atoms with van der Waals surface area (Å²) in [5.74, 6) is 0.179. The molecule has 0 spiro atoms. The number of alkyl halides is 1. The van der Waals surface area contributed by atoms with Crippen molar-refractivity contribution in [3.8, 4) is 5.75 Å². The van der Waals surface area contributed by atoms with Gasteiger partial charge in [0, 0.05) is 17.3 Å². The van der Waals surface area contributed by atoms with Gasteiger partial charge in [-0.3, -0.25) is 4.79 Å². The van der Waals surface area contributed by atoms with Gasteiger partial charge in [-0.05, 0) is 25.5 Å². The summed E-state index contributed by atoms with van der Waals surface area (Å²) in [7, 11) is 0. The van der Waals surface area contributed by atoms with Crippen LogP contribution in [0.15, 0.2) is 18.2 Å². The molecule has 0 aliphatic rings. The zero-order valence-electron chi connectivity index (χ0n) is 10.0. The molecule has 0 aromatic heterocycles. The van der Waals surface area contributed by atoms with E-state index in [4.69, 9.17) is 4.74 Å². The molecule has 0 saturated carbocycles. The molecule has 4 heteroatoms. The molecule has 1 unspecified atom stereocenters. The zero-order chi connectivity index (χ0) is 12.8. The van der Waals surface area contributed by atoms with Crippen molar-refractivity contribution in [3.63, 3.8) is 0 Å². The van der Waals surface area contributed by atoms with Crippen LogP contribution in [0.25, 0.3) is 0 Å². The molecule has 1 aromatic rings. The number of Topliss-reactive ketones (excluding diaryl/α,β-unsaturated/α-hetero) is 1. The van der Waals surface area contributed by atoms with E-state index in [1.54, 1.807) is 0 Å². The number of hydrogen-bond donors (Lipinski definition) is 0. The van der Waals surface area contributed by atoms with Crippen molar-refractivity contribution < 1.29 is 13.9 Å². The molecule has 0 amide bonds. The van der Waals surface area contributed by atoms with E-state index in [1.165, 1.54) is 25.1 Å². The van der Waals surface area contributed by atoms with E-state index in [1.807, 2.05) is 0 Å². The van der Waals surface area contributed by atoms with E-state index in [2.05, 4.69) is 22.9 Å². The van der Waals surface area contributed by atoms with E-state index >= 15 is 0 Å². The number of rotatable bonds is 6. The molecule has 0 heterocycles. The maximum atomic E-state index is 13.1. The molecule has 0 aliphatic heterocycles. The van der Waals surface area contributed by atoms with Crippen LogP contribution in [-0.2, 0) is 0 Å². The van der Waals surface area contributed by atoms with Gasteiger partial charge in [0.1, 0.15) is 11.6 Å². The largest absolute Gasteiger partial charge is 0.492 e. The predicted molar refractivity (Wildman–Crippen MR) is 69.5 cm³/mol. The summed E-state index contributed by atoms with van der Waals surface area (Å²) in [5, 5.41) is 0.828. The monoisotopic (exact) mass is 302 g/mol. The number of halogens is 2. The molecule has 0 fully saturated rings. The number of ether oxygens (including phenoxy) is 1. The lowest BCUT2D eigenvalue weighted by Gasteiger charge is -2.15. The Hall–Kier alpha value is -0.900. The van der Waals surface area contributed by atoms with Gasteiger partial charge in [-0.25, -0.2) is 4.39 Å². The van der Waals surface area contributed by atoms with Gasteiger partial charge in [0.2, 0.25) is 0 Å². The van der Waals surface area contributed by atoms with Crippen molar-refractivity contribution in [1.82, 2.24) is 0 Å². The third-order valence-corrected chi connectivity index (χ3v) is 3.51. The Morgan fingerprint density at radius 1 is 1.53 bits per heavy atom. The van der Waals surface area contributed by atoms with Crippen LogP contribution in [0.5, 0.6) is 5.75 Å². The Morgan fingerprint density at radius 2 is 2.24 bits per heavy atom. The van der Waals surface area contributed by atoms with Crippen LogP contribution in [-0.4, -0.2) is 17.7 Å². The molecule has 0 N–H and O–H groups in total. The lowest BCUT2D eigenvalue weighted by atomic mass is 10.1. The van der Waals surface area contributed by atoms with Gasteiger partial charge in [0.25, 0.3) is 0 Å². The molecule has 0 radical (unpaired) electrons. The van der Waals surface area contributed by atoms with Crippen LogP contribution in [0, 0.1) is 11.7 Å². The van der Waals surface area contributed by atoms with Gasteiger partial charge in [-0.15, -0.1) is 0 Å². The summed E-state index contributed by atoms with van der Waals surface area (Å²) in [6.07, 6.45) is 0.968. The minimum absolute atomic E-state index is 0.119. The number of carbonyl (C=O) groups excluding carboxylic acids is 1. The smallest absolute Gasteiger partial charge is 0.163 e. The summed E-state index contributed by atoms with van der Waals surface area (Å²) >= 11 is 3.39. The Labute approximate surface area is 109 Å². The maximum Gasteiger partial charge on any atom is 0.163 e. The Morgan fingerprint density at radius 3 is 2.76 bits per heavy atom. The topological polar surface area (TPSA) is 26.3 Å². The van der Waals surface area contributed by atoms with Gasteiger partial charge in [-0.2, -0.15) is 0 Å². The van der Waals surface area contributed by atoms with Crippen LogP contribution in [0.3, 0.4) is 0 Å². The number of benzene rings is 1. The molecule has 0 bridgehead atoms. The molecule has 2 nitrogen and oxygen atoms in total. The fourth-order valence-electron chi connectivity index (χ4n) is 1.39. The minimum atomic E-state index is -0.392. The average molecular weight is 303 g/mol. The molecular weight excluding hydrogens is 287 g/mol. The highest BCUT2D eigenvalue weighted by atomic mass is 79.9. The highest BCUT2D eigenvalue weighted by Gasteiger charge is 2.12. The molecular formula is C13H16BrFO2.